The Labute approximate surface area is 264 Å². The van der Waals surface area contributed by atoms with Crippen molar-refractivity contribution in [3.05, 3.63) is 107 Å². The molecule has 1 saturated heterocycles. The molecule has 3 aromatic carbocycles. The molecule has 4 aromatic rings. The van der Waals surface area contributed by atoms with Crippen LogP contribution in [-0.4, -0.2) is 58.4 Å². The summed E-state index contributed by atoms with van der Waals surface area (Å²) in [5.41, 5.74) is 3.00. The first-order valence-corrected chi connectivity index (χ1v) is 15.0. The Morgan fingerprint density at radius 1 is 0.864 bits per heavy atom. The van der Waals surface area contributed by atoms with Gasteiger partial charge in [0.2, 0.25) is 17.0 Å². The van der Waals surface area contributed by atoms with Gasteiger partial charge in [0.25, 0.3) is 0 Å². The van der Waals surface area contributed by atoms with Crippen LogP contribution in [0.2, 0.25) is 0 Å². The highest BCUT2D eigenvalue weighted by atomic mass is 32.1. The summed E-state index contributed by atoms with van der Waals surface area (Å²) in [5.74, 6) is 2.21. The van der Waals surface area contributed by atoms with Crippen LogP contribution in [0.25, 0.3) is 0 Å². The van der Waals surface area contributed by atoms with Gasteiger partial charge in [-0.05, 0) is 74.2 Å². The largest absolute Gasteiger partial charge is 0.497 e. The molecule has 3 N–H and O–H groups in total. The number of rotatable bonds is 7. The van der Waals surface area contributed by atoms with Crippen LogP contribution in [0.5, 0.6) is 11.5 Å². The summed E-state index contributed by atoms with van der Waals surface area (Å²) in [6.07, 6.45) is 1.45. The van der Waals surface area contributed by atoms with Crippen molar-refractivity contribution in [2.45, 2.75) is 32.3 Å². The molecule has 2 heterocycles. The lowest BCUT2D eigenvalue weighted by Crippen LogP contribution is -2.48. The zero-order chi connectivity index (χ0) is 31.1. The molecule has 10 heteroatoms. The number of aryl methyl sites for hydroxylation is 2. The van der Waals surface area contributed by atoms with E-state index < -0.39 is 5.60 Å². The first-order valence-electron chi connectivity index (χ1n) is 14.6. The Kier molecular flexibility index (Phi) is 9.72. The molecule has 44 heavy (non-hydrogen) atoms. The molecule has 9 nitrogen and oxygen atoms in total. The van der Waals surface area contributed by atoms with Crippen molar-refractivity contribution in [2.75, 3.05) is 37.9 Å². The smallest absolute Gasteiger partial charge is 0.229 e. The van der Waals surface area contributed by atoms with E-state index in [1.807, 2.05) is 92.7 Å². The topological polar surface area (TPSA) is 104 Å². The standard InChI is InChI=1S/C34H38N6O3S/c1-23-21-24(2)36-31(35-23)38-32(39-33(44)37-29-16-15-28(42-3)22-30(29)43-4)40-19-17-27(18-20-40)34(41,25-11-7-5-8-12-25)26-13-9-6-10-14-26/h5-16,21-22,27,41H,17-20H2,1-4H3,(H2,35,36,37,38,39,44). The quantitative estimate of drug-likeness (QED) is 0.134. The van der Waals surface area contributed by atoms with Gasteiger partial charge >= 0.3 is 0 Å². The number of anilines is 2. The van der Waals surface area contributed by atoms with Crippen LogP contribution in [0, 0.1) is 19.8 Å². The lowest BCUT2D eigenvalue weighted by atomic mass is 9.72. The lowest BCUT2D eigenvalue weighted by Gasteiger charge is -2.43. The van der Waals surface area contributed by atoms with Crippen molar-refractivity contribution in [2.24, 2.45) is 10.9 Å². The Balaban J connectivity index is 1.41. The number of thiocarbonyl (C=S) groups is 1. The molecule has 1 aliphatic rings. The van der Waals surface area contributed by atoms with Gasteiger partial charge in [-0.1, -0.05) is 60.7 Å². The maximum absolute atomic E-state index is 12.4. The molecular weight excluding hydrogens is 572 g/mol. The number of methoxy groups -OCH3 is 2. The van der Waals surface area contributed by atoms with E-state index in [0.29, 0.717) is 42.2 Å². The van der Waals surface area contributed by atoms with Gasteiger partial charge in [-0.2, -0.15) is 4.99 Å². The summed E-state index contributed by atoms with van der Waals surface area (Å²) in [5, 5.41) is 19.1. The van der Waals surface area contributed by atoms with Crippen molar-refractivity contribution in [1.82, 2.24) is 14.9 Å². The number of aliphatic imine (C=N–C) groups is 1. The van der Waals surface area contributed by atoms with Gasteiger partial charge in [0.1, 0.15) is 17.1 Å². The highest BCUT2D eigenvalue weighted by Crippen LogP contribution is 2.42. The second kappa shape index (κ2) is 13.8. The second-order valence-corrected chi connectivity index (χ2v) is 11.2. The predicted molar refractivity (Wildman–Crippen MR) is 179 cm³/mol. The van der Waals surface area contributed by atoms with Crippen LogP contribution < -0.4 is 20.1 Å². The van der Waals surface area contributed by atoms with E-state index in [4.69, 9.17) is 26.7 Å². The summed E-state index contributed by atoms with van der Waals surface area (Å²) in [6, 6.07) is 27.2. The molecule has 1 aromatic heterocycles. The van der Waals surface area contributed by atoms with Gasteiger partial charge in [0, 0.05) is 30.5 Å². The Bertz CT molecular complexity index is 1550. The van der Waals surface area contributed by atoms with Gasteiger partial charge in [-0.15, -0.1) is 0 Å². The fourth-order valence-corrected chi connectivity index (χ4v) is 5.93. The van der Waals surface area contributed by atoms with E-state index in [1.165, 1.54) is 0 Å². The Morgan fingerprint density at radius 3 is 2.00 bits per heavy atom. The van der Waals surface area contributed by atoms with Gasteiger partial charge < -0.3 is 24.8 Å². The van der Waals surface area contributed by atoms with Crippen LogP contribution in [0.1, 0.15) is 35.4 Å². The van der Waals surface area contributed by atoms with E-state index >= 15 is 0 Å². The van der Waals surface area contributed by atoms with Crippen LogP contribution >= 0.6 is 12.2 Å². The lowest BCUT2D eigenvalue weighted by molar-refractivity contribution is -0.00653. The van der Waals surface area contributed by atoms with Crippen LogP contribution in [0.4, 0.5) is 11.6 Å². The zero-order valence-corrected chi connectivity index (χ0v) is 26.3. The predicted octanol–water partition coefficient (Wildman–Crippen LogP) is 5.92. The number of benzene rings is 3. The molecule has 0 unspecified atom stereocenters. The van der Waals surface area contributed by atoms with Crippen molar-refractivity contribution >= 4 is 34.9 Å². The fraction of sp³-hybridized carbons (Fsp3) is 0.294. The first-order chi connectivity index (χ1) is 21.3. The number of hydrogen-bond donors (Lipinski definition) is 3. The molecule has 0 amide bonds. The number of ether oxygens (including phenoxy) is 2. The van der Waals surface area contributed by atoms with E-state index in [1.54, 1.807) is 20.3 Å². The third kappa shape index (κ3) is 6.98. The summed E-state index contributed by atoms with van der Waals surface area (Å²) in [6.45, 7) is 5.13. The van der Waals surface area contributed by atoms with Crippen molar-refractivity contribution < 1.29 is 14.6 Å². The molecule has 0 saturated carbocycles. The number of piperidine rings is 1. The second-order valence-electron chi connectivity index (χ2n) is 10.8. The maximum atomic E-state index is 12.4. The third-order valence-electron chi connectivity index (χ3n) is 7.88. The number of hydrogen-bond acceptors (Lipinski definition) is 6. The molecule has 0 radical (unpaired) electrons. The van der Waals surface area contributed by atoms with Crippen molar-refractivity contribution in [3.63, 3.8) is 0 Å². The summed E-state index contributed by atoms with van der Waals surface area (Å²) < 4.78 is 10.8. The number of nitrogens with one attached hydrogen (secondary N) is 2. The van der Waals surface area contributed by atoms with Gasteiger partial charge in [0.05, 0.1) is 19.9 Å². The van der Waals surface area contributed by atoms with Gasteiger partial charge in [0.15, 0.2) is 0 Å². The SMILES string of the molecule is COc1ccc(NC(=S)/N=C(/Nc2nc(C)cc(C)n2)N2CCC(C(O)(c3ccccc3)c3ccccc3)CC2)c(OC)c1. The van der Waals surface area contributed by atoms with Crippen LogP contribution in [0.3, 0.4) is 0 Å². The maximum Gasteiger partial charge on any atom is 0.229 e. The first kappa shape index (κ1) is 30.9. The average Bonchev–Trinajstić information content (AvgIpc) is 3.04. The zero-order valence-electron chi connectivity index (χ0n) is 25.4. The molecule has 1 aliphatic heterocycles. The van der Waals surface area contributed by atoms with Gasteiger partial charge in [-0.3, -0.25) is 5.32 Å². The van der Waals surface area contributed by atoms with E-state index in [2.05, 4.69) is 25.5 Å². The minimum atomic E-state index is -1.13. The molecule has 0 aliphatic carbocycles. The Hall–Kier alpha value is -4.54. The highest BCUT2D eigenvalue weighted by molar-refractivity contribution is 7.80. The number of aromatic nitrogens is 2. The average molecular weight is 611 g/mol. The molecule has 228 valence electrons. The number of guanidine groups is 1. The van der Waals surface area contributed by atoms with Crippen molar-refractivity contribution in [3.8, 4) is 11.5 Å². The molecule has 1 fully saturated rings. The number of aliphatic hydroxyl groups is 1. The fourth-order valence-electron chi connectivity index (χ4n) is 5.73. The number of nitrogens with zero attached hydrogens (tertiary/aromatic N) is 4. The summed E-state index contributed by atoms with van der Waals surface area (Å²) in [4.78, 5) is 16.1. The third-order valence-corrected chi connectivity index (χ3v) is 8.07. The summed E-state index contributed by atoms with van der Waals surface area (Å²) in [7, 11) is 3.19. The minimum Gasteiger partial charge on any atom is -0.497 e. The summed E-state index contributed by atoms with van der Waals surface area (Å²) >= 11 is 5.70. The minimum absolute atomic E-state index is 0.0177. The van der Waals surface area contributed by atoms with Crippen LogP contribution in [0.15, 0.2) is 89.9 Å². The molecule has 5 rings (SSSR count). The molecule has 0 atom stereocenters. The normalized spacial score (nSPS) is 14.2. The number of likely N-dealkylation sites (tertiary alicyclic amines) is 1. The molecular formula is C34H38N6O3S. The Morgan fingerprint density at radius 2 is 1.45 bits per heavy atom. The van der Waals surface area contributed by atoms with Gasteiger partial charge in [-0.25, -0.2) is 9.97 Å². The van der Waals surface area contributed by atoms with E-state index in [0.717, 1.165) is 35.4 Å². The highest BCUT2D eigenvalue weighted by Gasteiger charge is 2.42. The van der Waals surface area contributed by atoms with Crippen LogP contribution in [-0.2, 0) is 5.60 Å². The molecule has 0 bridgehead atoms. The van der Waals surface area contributed by atoms with E-state index in [-0.39, 0.29) is 11.0 Å². The van der Waals surface area contributed by atoms with E-state index in [9.17, 15) is 5.11 Å². The van der Waals surface area contributed by atoms with Crippen molar-refractivity contribution in [1.29, 1.82) is 0 Å². The monoisotopic (exact) mass is 610 g/mol. The molecule has 0 spiro atoms.